The molecule has 1 amide bonds. The van der Waals surface area contributed by atoms with E-state index in [0.29, 0.717) is 12.8 Å². The molecule has 0 radical (unpaired) electrons. The molecule has 2 N–H and O–H groups in total. The van der Waals surface area contributed by atoms with Crippen molar-refractivity contribution in [3.8, 4) is 0 Å². The van der Waals surface area contributed by atoms with Crippen LogP contribution in [0.2, 0.25) is 0 Å². The Morgan fingerprint density at radius 2 is 2.11 bits per heavy atom. The molecule has 1 aromatic heterocycles. The average Bonchev–Trinajstić information content (AvgIpc) is 3.00. The van der Waals surface area contributed by atoms with Gasteiger partial charge in [-0.25, -0.2) is 0 Å². The molecule has 1 aliphatic heterocycles. The Morgan fingerprint density at radius 3 is 2.74 bits per heavy atom. The molecule has 2 heterocycles. The minimum atomic E-state index is 0.124. The van der Waals surface area contributed by atoms with Crippen LogP contribution in [0.25, 0.3) is 0 Å². The molecule has 0 unspecified atom stereocenters. The van der Waals surface area contributed by atoms with Crippen molar-refractivity contribution in [3.63, 3.8) is 0 Å². The van der Waals surface area contributed by atoms with E-state index < -0.39 is 0 Å². The number of aromatic amines is 1. The number of rotatable bonds is 6. The third-order valence-corrected chi connectivity index (χ3v) is 3.89. The Balaban J connectivity index is 1.63. The molecule has 2 rings (SSSR count). The third kappa shape index (κ3) is 4.06. The molecule has 5 nitrogen and oxygen atoms in total. The zero-order valence-corrected chi connectivity index (χ0v) is 12.0. The van der Waals surface area contributed by atoms with E-state index >= 15 is 0 Å². The van der Waals surface area contributed by atoms with E-state index in [2.05, 4.69) is 20.4 Å². The molecular weight excluding hydrogens is 240 g/mol. The zero-order valence-electron chi connectivity index (χ0n) is 12.0. The lowest BCUT2D eigenvalue weighted by molar-refractivity contribution is -0.121. The molecule has 0 spiro atoms. The highest BCUT2D eigenvalue weighted by Crippen LogP contribution is 2.10. The Kier molecular flexibility index (Phi) is 4.96. The molecule has 0 saturated carbocycles. The minimum absolute atomic E-state index is 0.124. The highest BCUT2D eigenvalue weighted by Gasteiger charge is 2.12. The first-order chi connectivity index (χ1) is 9.16. The topological polar surface area (TPSA) is 61.0 Å². The minimum Gasteiger partial charge on any atom is -0.355 e. The van der Waals surface area contributed by atoms with Crippen LogP contribution in [0.3, 0.4) is 0 Å². The first kappa shape index (κ1) is 14.1. The van der Waals surface area contributed by atoms with E-state index in [1.165, 1.54) is 31.5 Å². The number of nitrogens with zero attached hydrogens (tertiary/aromatic N) is 2. The van der Waals surface area contributed by atoms with Gasteiger partial charge in [0.25, 0.3) is 0 Å². The largest absolute Gasteiger partial charge is 0.355 e. The van der Waals surface area contributed by atoms with Gasteiger partial charge < -0.3 is 10.2 Å². The zero-order chi connectivity index (χ0) is 13.7. The quantitative estimate of drug-likeness (QED) is 0.811. The fourth-order valence-corrected chi connectivity index (χ4v) is 2.46. The van der Waals surface area contributed by atoms with Crippen LogP contribution >= 0.6 is 0 Å². The Hall–Kier alpha value is -1.36. The highest BCUT2D eigenvalue weighted by atomic mass is 16.1. The number of amides is 1. The van der Waals surface area contributed by atoms with Crippen LogP contribution in [0.4, 0.5) is 0 Å². The van der Waals surface area contributed by atoms with Crippen LogP contribution in [-0.4, -0.2) is 47.2 Å². The van der Waals surface area contributed by atoms with Gasteiger partial charge >= 0.3 is 0 Å². The lowest BCUT2D eigenvalue weighted by Gasteiger charge is -2.14. The Morgan fingerprint density at radius 1 is 1.37 bits per heavy atom. The normalized spacial score (nSPS) is 15.9. The van der Waals surface area contributed by atoms with Crippen molar-refractivity contribution in [2.45, 2.75) is 39.5 Å². The van der Waals surface area contributed by atoms with Gasteiger partial charge in [0, 0.05) is 31.6 Å². The van der Waals surface area contributed by atoms with Crippen LogP contribution in [0.15, 0.2) is 0 Å². The van der Waals surface area contributed by atoms with E-state index in [9.17, 15) is 4.79 Å². The number of hydrogen-bond acceptors (Lipinski definition) is 3. The summed E-state index contributed by atoms with van der Waals surface area (Å²) in [6, 6.07) is 0. The van der Waals surface area contributed by atoms with E-state index in [1.54, 1.807) is 0 Å². The summed E-state index contributed by atoms with van der Waals surface area (Å²) in [6.07, 6.45) is 3.83. The number of H-pyrrole nitrogens is 1. The molecule has 0 aliphatic carbocycles. The number of aromatic nitrogens is 2. The lowest BCUT2D eigenvalue weighted by Crippen LogP contribution is -2.33. The van der Waals surface area contributed by atoms with Crippen molar-refractivity contribution in [2.75, 3.05) is 26.2 Å². The second-order valence-corrected chi connectivity index (χ2v) is 5.32. The SMILES string of the molecule is Cc1[nH]nc(CCC(=O)NCCN2CCCC2)c1C. The molecule has 19 heavy (non-hydrogen) atoms. The first-order valence-electron chi connectivity index (χ1n) is 7.16. The van der Waals surface area contributed by atoms with Crippen molar-refractivity contribution in [1.29, 1.82) is 0 Å². The fourth-order valence-electron chi connectivity index (χ4n) is 2.46. The van der Waals surface area contributed by atoms with Gasteiger partial charge in [0.2, 0.25) is 5.91 Å². The maximum absolute atomic E-state index is 11.7. The Labute approximate surface area is 114 Å². The van der Waals surface area contributed by atoms with Gasteiger partial charge in [-0.15, -0.1) is 0 Å². The second-order valence-electron chi connectivity index (χ2n) is 5.32. The van der Waals surface area contributed by atoms with Gasteiger partial charge in [-0.2, -0.15) is 5.10 Å². The third-order valence-electron chi connectivity index (χ3n) is 3.89. The molecule has 0 bridgehead atoms. The molecule has 106 valence electrons. The van der Waals surface area contributed by atoms with Crippen molar-refractivity contribution >= 4 is 5.91 Å². The van der Waals surface area contributed by atoms with E-state index in [4.69, 9.17) is 0 Å². The van der Waals surface area contributed by atoms with Gasteiger partial charge in [0.1, 0.15) is 0 Å². The maximum Gasteiger partial charge on any atom is 0.220 e. The van der Waals surface area contributed by atoms with Gasteiger partial charge in [-0.1, -0.05) is 0 Å². The predicted molar refractivity (Wildman–Crippen MR) is 75.1 cm³/mol. The molecule has 1 aromatic rings. The van der Waals surface area contributed by atoms with Crippen LogP contribution in [0.5, 0.6) is 0 Å². The van der Waals surface area contributed by atoms with Crippen LogP contribution < -0.4 is 5.32 Å². The second kappa shape index (κ2) is 6.70. The Bertz CT molecular complexity index is 421. The summed E-state index contributed by atoms with van der Waals surface area (Å²) in [5.41, 5.74) is 3.27. The summed E-state index contributed by atoms with van der Waals surface area (Å²) >= 11 is 0. The van der Waals surface area contributed by atoms with Crippen LogP contribution in [0, 0.1) is 13.8 Å². The number of hydrogen-bond donors (Lipinski definition) is 2. The summed E-state index contributed by atoms with van der Waals surface area (Å²) in [5.74, 6) is 0.124. The van der Waals surface area contributed by atoms with Crippen LogP contribution in [0.1, 0.15) is 36.2 Å². The van der Waals surface area contributed by atoms with Crippen molar-refractivity contribution < 1.29 is 4.79 Å². The van der Waals surface area contributed by atoms with Crippen molar-refractivity contribution in [1.82, 2.24) is 20.4 Å². The number of aryl methyl sites for hydroxylation is 2. The van der Waals surface area contributed by atoms with Gasteiger partial charge in [-0.05, 0) is 45.3 Å². The number of likely N-dealkylation sites (tertiary alicyclic amines) is 1. The summed E-state index contributed by atoms with van der Waals surface area (Å²) in [6.45, 7) is 8.15. The van der Waals surface area contributed by atoms with Crippen LogP contribution in [-0.2, 0) is 11.2 Å². The fraction of sp³-hybridized carbons (Fsp3) is 0.714. The molecule has 0 atom stereocenters. The molecule has 1 saturated heterocycles. The standard InChI is InChI=1S/C14H24N4O/c1-11-12(2)16-17-13(11)5-6-14(19)15-7-10-18-8-3-4-9-18/h3-10H2,1-2H3,(H,15,19)(H,16,17). The first-order valence-corrected chi connectivity index (χ1v) is 7.16. The van der Waals surface area contributed by atoms with Crippen molar-refractivity contribution in [3.05, 3.63) is 17.0 Å². The predicted octanol–water partition coefficient (Wildman–Crippen LogP) is 1.17. The van der Waals surface area contributed by atoms with E-state index in [0.717, 1.165) is 24.5 Å². The summed E-state index contributed by atoms with van der Waals surface area (Å²) < 4.78 is 0. The van der Waals surface area contributed by atoms with E-state index in [-0.39, 0.29) is 5.91 Å². The lowest BCUT2D eigenvalue weighted by atomic mass is 10.1. The molecule has 0 aromatic carbocycles. The number of nitrogens with one attached hydrogen (secondary N) is 2. The molecule has 1 fully saturated rings. The molecule has 1 aliphatic rings. The number of carbonyl (C=O) groups excluding carboxylic acids is 1. The summed E-state index contributed by atoms with van der Waals surface area (Å²) in [7, 11) is 0. The smallest absolute Gasteiger partial charge is 0.220 e. The summed E-state index contributed by atoms with van der Waals surface area (Å²) in [5, 5.41) is 10.2. The highest BCUT2D eigenvalue weighted by molar-refractivity contribution is 5.76. The summed E-state index contributed by atoms with van der Waals surface area (Å²) in [4.78, 5) is 14.1. The molecule has 5 heteroatoms. The van der Waals surface area contributed by atoms with Gasteiger partial charge in [0.15, 0.2) is 0 Å². The number of carbonyl (C=O) groups is 1. The van der Waals surface area contributed by atoms with Gasteiger partial charge in [0.05, 0.1) is 5.69 Å². The van der Waals surface area contributed by atoms with Crippen molar-refractivity contribution in [2.24, 2.45) is 0 Å². The maximum atomic E-state index is 11.7. The average molecular weight is 264 g/mol. The molecular formula is C14H24N4O. The monoisotopic (exact) mass is 264 g/mol. The van der Waals surface area contributed by atoms with E-state index in [1.807, 2.05) is 13.8 Å². The van der Waals surface area contributed by atoms with Gasteiger partial charge in [-0.3, -0.25) is 9.89 Å².